The minimum atomic E-state index is -0.267. The van der Waals surface area contributed by atoms with Gasteiger partial charge >= 0.3 is 0 Å². The summed E-state index contributed by atoms with van der Waals surface area (Å²) in [5, 5.41) is 3.64. The SMILES string of the molecule is Cc1cc(N/C=C/C(=O)c2ccc(Cl)c(Cl)c2)ccc1F. The molecule has 0 atom stereocenters. The van der Waals surface area contributed by atoms with Crippen LogP contribution in [0.5, 0.6) is 0 Å². The molecule has 0 saturated heterocycles. The van der Waals surface area contributed by atoms with Gasteiger partial charge in [0.05, 0.1) is 10.0 Å². The summed E-state index contributed by atoms with van der Waals surface area (Å²) in [6.07, 6.45) is 2.87. The summed E-state index contributed by atoms with van der Waals surface area (Å²) in [5.74, 6) is -0.476. The second-order valence-corrected chi connectivity index (χ2v) is 5.25. The molecule has 21 heavy (non-hydrogen) atoms. The lowest BCUT2D eigenvalue weighted by molar-refractivity contribution is 0.104. The number of ketones is 1. The molecule has 0 bridgehead atoms. The van der Waals surface area contributed by atoms with Crippen molar-refractivity contribution in [3.63, 3.8) is 0 Å². The first-order valence-electron chi connectivity index (χ1n) is 6.16. The maximum atomic E-state index is 13.1. The minimum Gasteiger partial charge on any atom is -0.362 e. The average Bonchev–Trinajstić information content (AvgIpc) is 2.45. The number of benzene rings is 2. The van der Waals surface area contributed by atoms with Gasteiger partial charge in [-0.15, -0.1) is 0 Å². The van der Waals surface area contributed by atoms with E-state index < -0.39 is 0 Å². The third-order valence-corrected chi connectivity index (χ3v) is 3.59. The van der Waals surface area contributed by atoms with E-state index in [1.807, 2.05) is 0 Å². The third-order valence-electron chi connectivity index (χ3n) is 2.85. The van der Waals surface area contributed by atoms with Crippen LogP contribution < -0.4 is 5.32 Å². The van der Waals surface area contributed by atoms with Gasteiger partial charge in [-0.2, -0.15) is 0 Å². The van der Waals surface area contributed by atoms with Crippen LogP contribution in [0.4, 0.5) is 10.1 Å². The number of anilines is 1. The zero-order valence-electron chi connectivity index (χ0n) is 11.2. The lowest BCUT2D eigenvalue weighted by Crippen LogP contribution is -1.97. The highest BCUT2D eigenvalue weighted by molar-refractivity contribution is 6.42. The van der Waals surface area contributed by atoms with Crippen molar-refractivity contribution in [2.24, 2.45) is 0 Å². The Morgan fingerprint density at radius 3 is 2.57 bits per heavy atom. The number of rotatable bonds is 4. The molecule has 0 heterocycles. The van der Waals surface area contributed by atoms with E-state index >= 15 is 0 Å². The lowest BCUT2D eigenvalue weighted by Gasteiger charge is -2.03. The first kappa shape index (κ1) is 15.5. The Bertz CT molecular complexity index is 713. The first-order chi connectivity index (χ1) is 9.97. The van der Waals surface area contributed by atoms with E-state index in [1.54, 1.807) is 31.2 Å². The highest BCUT2D eigenvalue weighted by Crippen LogP contribution is 2.23. The van der Waals surface area contributed by atoms with Crippen LogP contribution >= 0.6 is 23.2 Å². The molecule has 108 valence electrons. The third kappa shape index (κ3) is 4.06. The zero-order valence-corrected chi connectivity index (χ0v) is 12.7. The maximum Gasteiger partial charge on any atom is 0.187 e. The maximum absolute atomic E-state index is 13.1. The number of hydrogen-bond acceptors (Lipinski definition) is 2. The molecule has 5 heteroatoms. The molecule has 0 aliphatic heterocycles. The summed E-state index contributed by atoms with van der Waals surface area (Å²) >= 11 is 11.7. The Hall–Kier alpha value is -1.84. The van der Waals surface area contributed by atoms with Crippen LogP contribution in [0.1, 0.15) is 15.9 Å². The fourth-order valence-corrected chi connectivity index (χ4v) is 1.99. The first-order valence-corrected chi connectivity index (χ1v) is 6.91. The Balaban J connectivity index is 2.04. The molecule has 0 radical (unpaired) electrons. The number of carbonyl (C=O) groups is 1. The van der Waals surface area contributed by atoms with Gasteiger partial charge < -0.3 is 5.32 Å². The minimum absolute atomic E-state index is 0.208. The predicted octanol–water partition coefficient (Wildman–Crippen LogP) is 5.25. The number of halogens is 3. The van der Waals surface area contributed by atoms with E-state index in [2.05, 4.69) is 5.32 Å². The van der Waals surface area contributed by atoms with Crippen molar-refractivity contribution in [3.05, 3.63) is 75.7 Å². The molecule has 0 aliphatic carbocycles. The van der Waals surface area contributed by atoms with Crippen molar-refractivity contribution in [2.75, 3.05) is 5.32 Å². The van der Waals surface area contributed by atoms with Gasteiger partial charge in [0.25, 0.3) is 0 Å². The molecule has 0 spiro atoms. The summed E-state index contributed by atoms with van der Waals surface area (Å²) in [7, 11) is 0. The monoisotopic (exact) mass is 323 g/mol. The molecule has 0 unspecified atom stereocenters. The topological polar surface area (TPSA) is 29.1 Å². The number of aryl methyl sites for hydroxylation is 1. The molecule has 1 N–H and O–H groups in total. The zero-order chi connectivity index (χ0) is 15.4. The van der Waals surface area contributed by atoms with Gasteiger partial charge in [0.1, 0.15) is 5.82 Å². The molecular formula is C16H12Cl2FNO. The van der Waals surface area contributed by atoms with E-state index in [9.17, 15) is 9.18 Å². The van der Waals surface area contributed by atoms with Crippen LogP contribution in [0, 0.1) is 12.7 Å². The van der Waals surface area contributed by atoms with Crippen molar-refractivity contribution in [1.29, 1.82) is 0 Å². The van der Waals surface area contributed by atoms with Crippen LogP contribution in [0.3, 0.4) is 0 Å². The van der Waals surface area contributed by atoms with Crippen molar-refractivity contribution >= 4 is 34.7 Å². The molecule has 0 saturated carbocycles. The smallest absolute Gasteiger partial charge is 0.187 e. The molecule has 0 amide bonds. The van der Waals surface area contributed by atoms with Crippen LogP contribution in [0.15, 0.2) is 48.7 Å². The molecule has 2 rings (SSSR count). The van der Waals surface area contributed by atoms with E-state index in [1.165, 1.54) is 24.4 Å². The molecule has 0 aliphatic rings. The Morgan fingerprint density at radius 2 is 1.90 bits per heavy atom. The van der Waals surface area contributed by atoms with Gasteiger partial charge in [0.2, 0.25) is 0 Å². The number of allylic oxidation sites excluding steroid dienone is 1. The van der Waals surface area contributed by atoms with Gasteiger partial charge in [-0.05, 0) is 48.9 Å². The molecule has 2 nitrogen and oxygen atoms in total. The van der Waals surface area contributed by atoms with Crippen molar-refractivity contribution in [3.8, 4) is 0 Å². The fourth-order valence-electron chi connectivity index (χ4n) is 1.69. The van der Waals surface area contributed by atoms with E-state index in [0.29, 0.717) is 26.9 Å². The Labute approximate surface area is 132 Å². The largest absolute Gasteiger partial charge is 0.362 e. The van der Waals surface area contributed by atoms with E-state index in [0.717, 1.165) is 0 Å². The average molecular weight is 324 g/mol. The van der Waals surface area contributed by atoms with Crippen LogP contribution in [0.2, 0.25) is 10.0 Å². The Morgan fingerprint density at radius 1 is 1.14 bits per heavy atom. The van der Waals surface area contributed by atoms with Crippen molar-refractivity contribution in [2.45, 2.75) is 6.92 Å². The van der Waals surface area contributed by atoms with Gasteiger partial charge in [0.15, 0.2) is 5.78 Å². The second kappa shape index (κ2) is 6.74. The van der Waals surface area contributed by atoms with E-state index in [4.69, 9.17) is 23.2 Å². The quantitative estimate of drug-likeness (QED) is 0.615. The van der Waals surface area contributed by atoms with Crippen LogP contribution in [-0.4, -0.2) is 5.78 Å². The van der Waals surface area contributed by atoms with Gasteiger partial charge in [-0.25, -0.2) is 4.39 Å². The molecular weight excluding hydrogens is 312 g/mol. The molecule has 0 aromatic heterocycles. The van der Waals surface area contributed by atoms with Gasteiger partial charge in [0, 0.05) is 23.5 Å². The van der Waals surface area contributed by atoms with Crippen LogP contribution in [-0.2, 0) is 0 Å². The summed E-state index contributed by atoms with van der Waals surface area (Å²) in [5.41, 5.74) is 1.68. The van der Waals surface area contributed by atoms with Crippen molar-refractivity contribution < 1.29 is 9.18 Å². The fraction of sp³-hybridized carbons (Fsp3) is 0.0625. The molecule has 2 aromatic carbocycles. The summed E-state index contributed by atoms with van der Waals surface area (Å²) in [6.45, 7) is 1.67. The van der Waals surface area contributed by atoms with Gasteiger partial charge in [-0.3, -0.25) is 4.79 Å². The highest BCUT2D eigenvalue weighted by Gasteiger charge is 2.05. The molecule has 0 fully saturated rings. The summed E-state index contributed by atoms with van der Waals surface area (Å²) < 4.78 is 13.1. The van der Waals surface area contributed by atoms with Crippen molar-refractivity contribution in [1.82, 2.24) is 0 Å². The normalized spacial score (nSPS) is 10.9. The number of nitrogens with one attached hydrogen (secondary N) is 1. The predicted molar refractivity (Wildman–Crippen MR) is 84.7 cm³/mol. The lowest BCUT2D eigenvalue weighted by atomic mass is 10.1. The number of carbonyl (C=O) groups excluding carboxylic acids is 1. The van der Waals surface area contributed by atoms with Crippen LogP contribution in [0.25, 0.3) is 0 Å². The Kier molecular flexibility index (Phi) is 4.99. The molecule has 2 aromatic rings. The summed E-state index contributed by atoms with van der Waals surface area (Å²) in [6, 6.07) is 9.30. The summed E-state index contributed by atoms with van der Waals surface area (Å²) in [4.78, 5) is 11.9. The standard InChI is InChI=1S/C16H12Cl2FNO/c1-10-8-12(3-5-15(10)19)20-7-6-16(21)11-2-4-13(17)14(18)9-11/h2-9,20H,1H3/b7-6+. The van der Waals surface area contributed by atoms with E-state index in [-0.39, 0.29) is 11.6 Å². The van der Waals surface area contributed by atoms with Gasteiger partial charge in [-0.1, -0.05) is 23.2 Å². The highest BCUT2D eigenvalue weighted by atomic mass is 35.5. The number of hydrogen-bond donors (Lipinski definition) is 1. The second-order valence-electron chi connectivity index (χ2n) is 4.43.